The van der Waals surface area contributed by atoms with Gasteiger partial charge in [-0.15, -0.1) is 0 Å². The molecule has 3 heteroatoms. The monoisotopic (exact) mass is 266 g/mol. The number of esters is 1. The second-order valence-corrected chi connectivity index (χ2v) is 7.67. The van der Waals surface area contributed by atoms with E-state index in [0.717, 1.165) is 25.7 Å². The van der Waals surface area contributed by atoms with Crippen molar-refractivity contribution in [1.29, 1.82) is 0 Å². The normalized spacial score (nSPS) is 30.2. The van der Waals surface area contributed by atoms with E-state index < -0.39 is 5.60 Å². The van der Waals surface area contributed by atoms with Gasteiger partial charge in [0, 0.05) is 0 Å². The van der Waals surface area contributed by atoms with Crippen LogP contribution in [0, 0.1) is 11.3 Å². The molecular weight excluding hydrogens is 240 g/mol. The molecule has 108 valence electrons. The lowest BCUT2D eigenvalue weighted by Crippen LogP contribution is -2.30. The van der Waals surface area contributed by atoms with Crippen molar-refractivity contribution in [1.82, 2.24) is 0 Å². The number of allylic oxidation sites excluding steroid dienone is 1. The summed E-state index contributed by atoms with van der Waals surface area (Å²) in [5, 5.41) is 10.3. The molecule has 3 nitrogen and oxygen atoms in total. The van der Waals surface area contributed by atoms with Gasteiger partial charge in [-0.3, -0.25) is 4.79 Å². The van der Waals surface area contributed by atoms with Crippen molar-refractivity contribution in [2.45, 2.75) is 72.0 Å². The Bertz CT molecular complexity index is 412. The van der Waals surface area contributed by atoms with Gasteiger partial charge in [0.15, 0.2) is 0 Å². The fraction of sp³-hybridized carbons (Fsp3) is 0.812. The fourth-order valence-corrected chi connectivity index (χ4v) is 3.26. The van der Waals surface area contributed by atoms with Crippen LogP contribution in [-0.2, 0) is 9.53 Å². The topological polar surface area (TPSA) is 46.5 Å². The molecule has 19 heavy (non-hydrogen) atoms. The molecule has 2 atom stereocenters. The van der Waals surface area contributed by atoms with Crippen molar-refractivity contribution in [3.63, 3.8) is 0 Å². The molecule has 0 amide bonds. The van der Waals surface area contributed by atoms with Crippen LogP contribution in [0.2, 0.25) is 0 Å². The summed E-state index contributed by atoms with van der Waals surface area (Å²) in [6.45, 7) is 9.90. The van der Waals surface area contributed by atoms with E-state index >= 15 is 0 Å². The molecule has 0 spiro atoms. The highest BCUT2D eigenvalue weighted by Crippen LogP contribution is 2.48. The van der Waals surface area contributed by atoms with Gasteiger partial charge < -0.3 is 9.84 Å². The minimum atomic E-state index is -0.416. The molecule has 2 rings (SSSR count). The number of carbonyl (C=O) groups is 1. The maximum atomic E-state index is 12.1. The largest absolute Gasteiger partial charge is 0.460 e. The highest BCUT2D eigenvalue weighted by molar-refractivity contribution is 5.73. The molecule has 2 aliphatic carbocycles. The van der Waals surface area contributed by atoms with E-state index in [1.54, 1.807) is 0 Å². The van der Waals surface area contributed by atoms with Crippen LogP contribution in [0.5, 0.6) is 0 Å². The zero-order valence-electron chi connectivity index (χ0n) is 12.7. The highest BCUT2D eigenvalue weighted by Gasteiger charge is 2.43. The van der Waals surface area contributed by atoms with E-state index in [0.29, 0.717) is 0 Å². The van der Waals surface area contributed by atoms with E-state index in [4.69, 9.17) is 4.74 Å². The van der Waals surface area contributed by atoms with Crippen LogP contribution < -0.4 is 0 Å². The minimum Gasteiger partial charge on any atom is -0.460 e. The molecule has 0 fully saturated rings. The second kappa shape index (κ2) is 4.62. The first-order valence-corrected chi connectivity index (χ1v) is 7.22. The summed E-state index contributed by atoms with van der Waals surface area (Å²) in [6, 6.07) is 0. The van der Waals surface area contributed by atoms with Crippen LogP contribution in [0.25, 0.3) is 0 Å². The molecular formula is C16H26O3. The number of rotatable bonds is 1. The average Bonchev–Trinajstić information content (AvgIpc) is 2.46. The third kappa shape index (κ3) is 3.02. The van der Waals surface area contributed by atoms with Crippen LogP contribution in [-0.4, -0.2) is 22.8 Å². The molecule has 0 bridgehead atoms. The van der Waals surface area contributed by atoms with Crippen molar-refractivity contribution < 1.29 is 14.6 Å². The Balaban J connectivity index is 2.05. The molecule has 0 heterocycles. The van der Waals surface area contributed by atoms with Gasteiger partial charge in [0.05, 0.1) is 12.0 Å². The third-order valence-electron chi connectivity index (χ3n) is 4.19. The van der Waals surface area contributed by atoms with E-state index in [9.17, 15) is 9.90 Å². The van der Waals surface area contributed by atoms with Gasteiger partial charge in [0.25, 0.3) is 0 Å². The van der Waals surface area contributed by atoms with E-state index in [-0.39, 0.29) is 23.4 Å². The van der Waals surface area contributed by atoms with Crippen molar-refractivity contribution >= 4 is 5.97 Å². The first-order valence-electron chi connectivity index (χ1n) is 7.22. The number of aliphatic hydroxyl groups is 1. The van der Waals surface area contributed by atoms with E-state index in [1.807, 2.05) is 20.8 Å². The zero-order chi connectivity index (χ0) is 14.4. The summed E-state index contributed by atoms with van der Waals surface area (Å²) in [5.74, 6) is -0.114. The first-order chi connectivity index (χ1) is 8.60. The molecule has 2 aliphatic rings. The molecule has 1 unspecified atom stereocenters. The van der Waals surface area contributed by atoms with Crippen molar-refractivity contribution in [3.8, 4) is 0 Å². The van der Waals surface area contributed by atoms with Crippen LogP contribution >= 0.6 is 0 Å². The number of hydrogen-bond donors (Lipinski definition) is 1. The molecule has 0 aromatic heterocycles. The maximum absolute atomic E-state index is 12.1. The molecule has 0 aliphatic heterocycles. The minimum absolute atomic E-state index is 0.0286. The Morgan fingerprint density at radius 1 is 1.37 bits per heavy atom. The summed E-state index contributed by atoms with van der Waals surface area (Å²) in [7, 11) is 0. The van der Waals surface area contributed by atoms with Gasteiger partial charge in [-0.25, -0.2) is 0 Å². The zero-order valence-corrected chi connectivity index (χ0v) is 12.7. The summed E-state index contributed by atoms with van der Waals surface area (Å²) >= 11 is 0. The van der Waals surface area contributed by atoms with Crippen LogP contribution in [0.3, 0.4) is 0 Å². The van der Waals surface area contributed by atoms with E-state index in [1.165, 1.54) is 11.1 Å². The molecule has 0 radical (unpaired) electrons. The predicted octanol–water partition coefficient (Wildman–Crippen LogP) is 3.22. The lowest BCUT2D eigenvalue weighted by Gasteiger charge is -2.27. The SMILES string of the molecule is CC(C)(C)OC(=O)[C@H]1CCC2=C(C1)CC(C)(C)C2O. The summed E-state index contributed by atoms with van der Waals surface area (Å²) in [6.07, 6.45) is 2.99. The Morgan fingerprint density at radius 2 is 2.00 bits per heavy atom. The Labute approximate surface area is 116 Å². The standard InChI is InChI=1S/C16H26O3/c1-15(2,3)19-14(18)10-6-7-12-11(8-10)9-16(4,5)13(12)17/h10,13,17H,6-9H2,1-5H3/t10-,13?/m0/s1. The predicted molar refractivity (Wildman–Crippen MR) is 74.6 cm³/mol. The fourth-order valence-electron chi connectivity index (χ4n) is 3.26. The lowest BCUT2D eigenvalue weighted by atomic mass is 9.84. The van der Waals surface area contributed by atoms with Gasteiger partial charge >= 0.3 is 5.97 Å². The number of carbonyl (C=O) groups excluding carboxylic acids is 1. The van der Waals surface area contributed by atoms with Crippen LogP contribution in [0.1, 0.15) is 60.3 Å². The van der Waals surface area contributed by atoms with Crippen LogP contribution in [0.4, 0.5) is 0 Å². The number of aliphatic hydroxyl groups excluding tert-OH is 1. The molecule has 1 N–H and O–H groups in total. The number of ether oxygens (including phenoxy) is 1. The molecule has 0 aromatic rings. The van der Waals surface area contributed by atoms with Gasteiger partial charge in [0.1, 0.15) is 5.60 Å². The van der Waals surface area contributed by atoms with Crippen molar-refractivity contribution in [3.05, 3.63) is 11.1 Å². The first kappa shape index (κ1) is 14.6. The van der Waals surface area contributed by atoms with Crippen LogP contribution in [0.15, 0.2) is 11.1 Å². The Kier molecular flexibility index (Phi) is 3.54. The van der Waals surface area contributed by atoms with Crippen molar-refractivity contribution in [2.24, 2.45) is 11.3 Å². The van der Waals surface area contributed by atoms with Gasteiger partial charge in [-0.1, -0.05) is 19.4 Å². The smallest absolute Gasteiger partial charge is 0.309 e. The van der Waals surface area contributed by atoms with Gasteiger partial charge in [-0.2, -0.15) is 0 Å². The van der Waals surface area contributed by atoms with Crippen molar-refractivity contribution in [2.75, 3.05) is 0 Å². The van der Waals surface area contributed by atoms with Gasteiger partial charge in [0.2, 0.25) is 0 Å². The molecule has 0 saturated carbocycles. The lowest BCUT2D eigenvalue weighted by molar-refractivity contribution is -0.160. The summed E-state index contributed by atoms with van der Waals surface area (Å²) in [5.41, 5.74) is 1.98. The Morgan fingerprint density at radius 3 is 2.58 bits per heavy atom. The molecule has 0 saturated heterocycles. The quantitative estimate of drug-likeness (QED) is 0.585. The molecule has 0 aromatic carbocycles. The van der Waals surface area contributed by atoms with E-state index in [2.05, 4.69) is 13.8 Å². The number of hydrogen-bond acceptors (Lipinski definition) is 3. The average molecular weight is 266 g/mol. The summed E-state index contributed by atoms with van der Waals surface area (Å²) < 4.78 is 5.48. The third-order valence-corrected chi connectivity index (χ3v) is 4.19. The second-order valence-electron chi connectivity index (χ2n) is 7.67. The maximum Gasteiger partial charge on any atom is 0.309 e. The van der Waals surface area contributed by atoms with Gasteiger partial charge in [-0.05, 0) is 57.4 Å². The summed E-state index contributed by atoms with van der Waals surface area (Å²) in [4.78, 5) is 12.1. The Hall–Kier alpha value is -0.830. The highest BCUT2D eigenvalue weighted by atomic mass is 16.6.